The lowest BCUT2D eigenvalue weighted by Gasteiger charge is -2.09. The average Bonchev–Trinajstić information content (AvgIpc) is 2.53. The molecule has 0 bridgehead atoms. The Kier molecular flexibility index (Phi) is 6.12. The van der Waals surface area contributed by atoms with Crippen LogP contribution in [0.5, 0.6) is 0 Å². The molecule has 2 aromatic rings. The molecule has 128 valence electrons. The van der Waals surface area contributed by atoms with Crippen LogP contribution in [0.3, 0.4) is 0 Å². The Balaban J connectivity index is 2.06. The van der Waals surface area contributed by atoms with Gasteiger partial charge < -0.3 is 10.1 Å². The van der Waals surface area contributed by atoms with E-state index in [2.05, 4.69) is 15.3 Å². The van der Waals surface area contributed by atoms with Crippen molar-refractivity contribution < 1.29 is 9.53 Å². The molecule has 1 heterocycles. The van der Waals surface area contributed by atoms with Crippen LogP contribution in [0.15, 0.2) is 35.1 Å². The third-order valence-electron chi connectivity index (χ3n) is 3.23. The number of H-pyrrole nitrogens is 1. The molecule has 6 nitrogen and oxygen atoms in total. The number of hydrogen-bond donors (Lipinski definition) is 2. The number of esters is 1. The molecular formula is C18H23N3O3. The fraction of sp³-hybridized carbons (Fsp3) is 0.389. The number of carbonyl (C=O) groups is 1. The number of aryl methyl sites for hydroxylation is 1. The van der Waals surface area contributed by atoms with Gasteiger partial charge in [0.25, 0.3) is 5.56 Å². The number of ether oxygens (including phenoxy) is 1. The van der Waals surface area contributed by atoms with E-state index in [4.69, 9.17) is 4.74 Å². The number of hydrogen-bond acceptors (Lipinski definition) is 5. The number of carbonyl (C=O) groups excluding carboxylic acids is 1. The fourth-order valence-corrected chi connectivity index (χ4v) is 2.10. The minimum atomic E-state index is -0.341. The van der Waals surface area contributed by atoms with Gasteiger partial charge in [-0.1, -0.05) is 27.2 Å². The Morgan fingerprint density at radius 2 is 2.00 bits per heavy atom. The second-order valence-corrected chi connectivity index (χ2v) is 6.03. The van der Waals surface area contributed by atoms with E-state index in [9.17, 15) is 9.59 Å². The Hall–Kier alpha value is -2.63. The molecule has 0 amide bonds. The van der Waals surface area contributed by atoms with E-state index in [0.717, 1.165) is 24.2 Å². The predicted octanol–water partition coefficient (Wildman–Crippen LogP) is 3.28. The molecule has 1 aromatic heterocycles. The first kappa shape index (κ1) is 17.7. The summed E-state index contributed by atoms with van der Waals surface area (Å²) in [6.45, 7) is 6.41. The van der Waals surface area contributed by atoms with Gasteiger partial charge in [-0.25, -0.2) is 9.78 Å². The summed E-state index contributed by atoms with van der Waals surface area (Å²) in [7, 11) is 0. The summed E-state index contributed by atoms with van der Waals surface area (Å²) in [5.74, 6) is 0.348. The van der Waals surface area contributed by atoms with Crippen molar-refractivity contribution in [1.29, 1.82) is 0 Å². The van der Waals surface area contributed by atoms with E-state index in [0.29, 0.717) is 24.0 Å². The lowest BCUT2D eigenvalue weighted by atomic mass is 10.2. The maximum absolute atomic E-state index is 11.9. The summed E-state index contributed by atoms with van der Waals surface area (Å²) in [6, 6.07) is 8.36. The van der Waals surface area contributed by atoms with Gasteiger partial charge >= 0.3 is 5.97 Å². The van der Waals surface area contributed by atoms with E-state index >= 15 is 0 Å². The van der Waals surface area contributed by atoms with Crippen LogP contribution in [0.1, 0.15) is 43.2 Å². The maximum Gasteiger partial charge on any atom is 0.338 e. The summed E-state index contributed by atoms with van der Waals surface area (Å²) in [4.78, 5) is 30.5. The zero-order valence-corrected chi connectivity index (χ0v) is 14.3. The van der Waals surface area contributed by atoms with Crippen LogP contribution in [-0.4, -0.2) is 22.5 Å². The fourth-order valence-electron chi connectivity index (χ4n) is 2.10. The first-order chi connectivity index (χ1) is 11.5. The van der Waals surface area contributed by atoms with E-state index in [1.54, 1.807) is 24.3 Å². The molecule has 0 aliphatic carbocycles. The van der Waals surface area contributed by atoms with Gasteiger partial charge in [0, 0.05) is 17.4 Å². The van der Waals surface area contributed by atoms with Crippen LogP contribution in [0, 0.1) is 5.92 Å². The average molecular weight is 329 g/mol. The number of aromatic nitrogens is 2. The lowest BCUT2D eigenvalue weighted by molar-refractivity contribution is 0.0459. The van der Waals surface area contributed by atoms with E-state index < -0.39 is 0 Å². The van der Waals surface area contributed by atoms with Crippen molar-refractivity contribution in [2.24, 2.45) is 5.92 Å². The third kappa shape index (κ3) is 5.22. The van der Waals surface area contributed by atoms with Crippen molar-refractivity contribution >= 4 is 17.6 Å². The van der Waals surface area contributed by atoms with Crippen LogP contribution in [-0.2, 0) is 11.2 Å². The Labute approximate surface area is 141 Å². The Morgan fingerprint density at radius 3 is 2.62 bits per heavy atom. The number of nitrogens with one attached hydrogen (secondary N) is 2. The molecule has 0 radical (unpaired) electrons. The number of anilines is 2. The molecule has 1 aromatic carbocycles. The minimum Gasteiger partial charge on any atom is -0.462 e. The Bertz CT molecular complexity index is 736. The molecule has 2 rings (SSSR count). The molecule has 0 spiro atoms. The van der Waals surface area contributed by atoms with Gasteiger partial charge in [0.05, 0.1) is 12.2 Å². The molecule has 6 heteroatoms. The van der Waals surface area contributed by atoms with Crippen molar-refractivity contribution in [1.82, 2.24) is 9.97 Å². The third-order valence-corrected chi connectivity index (χ3v) is 3.23. The molecule has 0 atom stereocenters. The molecule has 0 saturated carbocycles. The van der Waals surface area contributed by atoms with Crippen LogP contribution < -0.4 is 10.9 Å². The van der Waals surface area contributed by atoms with Crippen molar-refractivity contribution in [3.8, 4) is 0 Å². The first-order valence-electron chi connectivity index (χ1n) is 8.12. The second-order valence-electron chi connectivity index (χ2n) is 6.03. The molecule has 0 fully saturated rings. The monoisotopic (exact) mass is 329 g/mol. The smallest absolute Gasteiger partial charge is 0.338 e. The van der Waals surface area contributed by atoms with Gasteiger partial charge in [0.15, 0.2) is 0 Å². The van der Waals surface area contributed by atoms with Crippen LogP contribution in [0.25, 0.3) is 0 Å². The predicted molar refractivity (Wildman–Crippen MR) is 93.7 cm³/mol. The molecule has 0 saturated heterocycles. The summed E-state index contributed by atoms with van der Waals surface area (Å²) < 4.78 is 5.19. The van der Waals surface area contributed by atoms with Gasteiger partial charge in [-0.15, -0.1) is 0 Å². The minimum absolute atomic E-state index is 0.190. The normalized spacial score (nSPS) is 10.7. The van der Waals surface area contributed by atoms with Crippen LogP contribution >= 0.6 is 0 Å². The molecule has 2 N–H and O–H groups in total. The molecule has 24 heavy (non-hydrogen) atoms. The SMILES string of the molecule is CCCc1cc(=O)[nH]c(Nc2ccc(C(=O)OCC(C)C)cc2)n1. The highest BCUT2D eigenvalue weighted by molar-refractivity contribution is 5.89. The molecule has 0 aliphatic rings. The quantitative estimate of drug-likeness (QED) is 0.762. The lowest BCUT2D eigenvalue weighted by Crippen LogP contribution is -2.12. The van der Waals surface area contributed by atoms with Gasteiger partial charge in [-0.3, -0.25) is 9.78 Å². The highest BCUT2D eigenvalue weighted by Gasteiger charge is 2.08. The number of nitrogens with zero attached hydrogens (tertiary/aromatic N) is 1. The van der Waals surface area contributed by atoms with E-state index in [1.165, 1.54) is 6.07 Å². The first-order valence-corrected chi connectivity index (χ1v) is 8.12. The second kappa shape index (κ2) is 8.29. The van der Waals surface area contributed by atoms with E-state index in [1.807, 2.05) is 20.8 Å². The van der Waals surface area contributed by atoms with Crippen molar-refractivity contribution in [3.05, 3.63) is 51.9 Å². The zero-order chi connectivity index (χ0) is 17.5. The maximum atomic E-state index is 11.9. The van der Waals surface area contributed by atoms with Crippen LogP contribution in [0.2, 0.25) is 0 Å². The Morgan fingerprint density at radius 1 is 1.29 bits per heavy atom. The number of rotatable bonds is 7. The summed E-state index contributed by atoms with van der Waals surface area (Å²) in [5, 5.41) is 3.04. The number of benzene rings is 1. The van der Waals surface area contributed by atoms with E-state index in [-0.39, 0.29) is 11.5 Å². The standard InChI is InChI=1S/C18H23N3O3/c1-4-5-15-10-16(22)21-18(20-15)19-14-8-6-13(7-9-14)17(23)24-11-12(2)3/h6-10,12H,4-5,11H2,1-3H3,(H2,19,20,21,22). The van der Waals surface area contributed by atoms with Crippen molar-refractivity contribution in [3.63, 3.8) is 0 Å². The molecule has 0 unspecified atom stereocenters. The van der Waals surface area contributed by atoms with Gasteiger partial charge in [-0.2, -0.15) is 0 Å². The summed E-state index contributed by atoms with van der Waals surface area (Å²) in [6.07, 6.45) is 1.67. The number of aromatic amines is 1. The largest absolute Gasteiger partial charge is 0.462 e. The molecule has 0 aliphatic heterocycles. The molecular weight excluding hydrogens is 306 g/mol. The summed E-state index contributed by atoms with van der Waals surface area (Å²) in [5.41, 5.74) is 1.78. The van der Waals surface area contributed by atoms with Gasteiger partial charge in [0.2, 0.25) is 5.95 Å². The summed E-state index contributed by atoms with van der Waals surface area (Å²) >= 11 is 0. The van der Waals surface area contributed by atoms with Crippen molar-refractivity contribution in [2.45, 2.75) is 33.6 Å². The van der Waals surface area contributed by atoms with Crippen LogP contribution in [0.4, 0.5) is 11.6 Å². The zero-order valence-electron chi connectivity index (χ0n) is 14.3. The van der Waals surface area contributed by atoms with Gasteiger partial charge in [0.1, 0.15) is 0 Å². The van der Waals surface area contributed by atoms with Gasteiger partial charge in [-0.05, 0) is 36.6 Å². The topological polar surface area (TPSA) is 84.1 Å². The van der Waals surface area contributed by atoms with Crippen molar-refractivity contribution in [2.75, 3.05) is 11.9 Å². The highest BCUT2D eigenvalue weighted by atomic mass is 16.5. The highest BCUT2D eigenvalue weighted by Crippen LogP contribution is 2.14.